The zero-order chi connectivity index (χ0) is 10.8. The Morgan fingerprint density at radius 2 is 2.13 bits per heavy atom. The molecule has 5 atom stereocenters. The number of carbonyl (C=O) groups is 1. The van der Waals surface area contributed by atoms with Crippen molar-refractivity contribution in [2.45, 2.75) is 30.0 Å². The van der Waals surface area contributed by atoms with Crippen molar-refractivity contribution in [3.63, 3.8) is 0 Å². The van der Waals surface area contributed by atoms with Crippen molar-refractivity contribution >= 4 is 16.1 Å². The van der Waals surface area contributed by atoms with Crippen LogP contribution in [0.1, 0.15) is 6.42 Å². The highest BCUT2D eigenvalue weighted by Crippen LogP contribution is 2.50. The van der Waals surface area contributed by atoms with E-state index < -0.39 is 39.5 Å². The topological polar surface area (TPSA) is 78.9 Å². The van der Waals surface area contributed by atoms with Gasteiger partial charge in [-0.3, -0.25) is 8.98 Å². The van der Waals surface area contributed by atoms with Crippen LogP contribution >= 0.6 is 0 Å². The van der Waals surface area contributed by atoms with Crippen LogP contribution in [0.4, 0.5) is 0 Å². The van der Waals surface area contributed by atoms with Gasteiger partial charge in [-0.1, -0.05) is 0 Å². The smallest absolute Gasteiger partial charge is 0.312 e. The second-order valence-corrected chi connectivity index (χ2v) is 5.74. The van der Waals surface area contributed by atoms with Crippen molar-refractivity contribution in [2.75, 3.05) is 7.11 Å². The van der Waals surface area contributed by atoms with Crippen molar-refractivity contribution in [1.29, 1.82) is 0 Å². The minimum atomic E-state index is -3.66. The van der Waals surface area contributed by atoms with Crippen LogP contribution in [0, 0.1) is 5.92 Å². The minimum Gasteiger partial charge on any atom is -0.469 e. The first kappa shape index (κ1) is 9.56. The van der Waals surface area contributed by atoms with E-state index in [-0.39, 0.29) is 6.10 Å². The summed E-state index contributed by atoms with van der Waals surface area (Å²) >= 11 is 0. The van der Waals surface area contributed by atoms with Crippen LogP contribution in [0.5, 0.6) is 0 Å². The van der Waals surface area contributed by atoms with Gasteiger partial charge in [-0.05, 0) is 0 Å². The third kappa shape index (κ3) is 1.05. The van der Waals surface area contributed by atoms with Crippen LogP contribution in [0.2, 0.25) is 0 Å². The molecule has 5 unspecified atom stereocenters. The second-order valence-electron chi connectivity index (χ2n) is 4.02. The summed E-state index contributed by atoms with van der Waals surface area (Å²) in [5.74, 6) is -1.25. The largest absolute Gasteiger partial charge is 0.469 e. The monoisotopic (exact) mass is 234 g/mol. The molecule has 3 saturated heterocycles. The predicted molar refractivity (Wildman–Crippen MR) is 46.4 cm³/mol. The molecular formula is C8H10O6S. The van der Waals surface area contributed by atoms with Crippen LogP contribution in [-0.4, -0.2) is 45.1 Å². The average molecular weight is 234 g/mol. The Morgan fingerprint density at radius 3 is 2.80 bits per heavy atom. The molecule has 84 valence electrons. The van der Waals surface area contributed by atoms with Crippen molar-refractivity contribution < 1.29 is 26.9 Å². The molecule has 0 spiro atoms. The Hall–Kier alpha value is -0.660. The van der Waals surface area contributed by atoms with E-state index >= 15 is 0 Å². The molecule has 2 bridgehead atoms. The lowest BCUT2D eigenvalue weighted by Gasteiger charge is -2.18. The summed E-state index contributed by atoms with van der Waals surface area (Å²) in [6, 6.07) is 0. The van der Waals surface area contributed by atoms with Crippen molar-refractivity contribution in [1.82, 2.24) is 0 Å². The van der Waals surface area contributed by atoms with Gasteiger partial charge in [0.05, 0.1) is 13.2 Å². The highest BCUT2D eigenvalue weighted by Gasteiger charge is 2.68. The highest BCUT2D eigenvalue weighted by molar-refractivity contribution is 7.87. The molecule has 15 heavy (non-hydrogen) atoms. The molecule has 3 heterocycles. The lowest BCUT2D eigenvalue weighted by Crippen LogP contribution is -2.41. The zero-order valence-corrected chi connectivity index (χ0v) is 8.77. The Kier molecular flexibility index (Phi) is 1.73. The van der Waals surface area contributed by atoms with Crippen molar-refractivity contribution in [2.24, 2.45) is 5.92 Å². The molecule has 0 aliphatic carbocycles. The van der Waals surface area contributed by atoms with Crippen LogP contribution in [0.25, 0.3) is 0 Å². The average Bonchev–Trinajstić information content (AvgIpc) is 2.74. The molecule has 3 fully saturated rings. The molecule has 0 N–H and O–H groups in total. The second kappa shape index (κ2) is 2.72. The summed E-state index contributed by atoms with van der Waals surface area (Å²) in [5, 5.41) is -0.867. The maximum Gasteiger partial charge on any atom is 0.312 e. The van der Waals surface area contributed by atoms with Gasteiger partial charge in [0.15, 0.2) is 0 Å². The summed E-state index contributed by atoms with van der Waals surface area (Å²) in [6.45, 7) is 0. The molecule has 0 saturated carbocycles. The van der Waals surface area contributed by atoms with Gasteiger partial charge in [0, 0.05) is 6.42 Å². The number of esters is 1. The van der Waals surface area contributed by atoms with Crippen LogP contribution < -0.4 is 0 Å². The first-order valence-corrected chi connectivity index (χ1v) is 6.17. The number of methoxy groups -OCH3 is 1. The third-order valence-electron chi connectivity index (χ3n) is 3.31. The lowest BCUT2D eigenvalue weighted by atomic mass is 9.87. The standard InChI is InChI=1S/C8H10O6S/c1-12-8(9)5-3-2-4-6(13-3)7(5)15(10,11)14-4/h3-7H,2H2,1H3. The summed E-state index contributed by atoms with van der Waals surface area (Å²) < 4.78 is 38.1. The van der Waals surface area contributed by atoms with Gasteiger partial charge < -0.3 is 9.47 Å². The number of hydrogen-bond donors (Lipinski definition) is 0. The first-order chi connectivity index (χ1) is 7.04. The van der Waals surface area contributed by atoms with Crippen LogP contribution in [0.15, 0.2) is 0 Å². The summed E-state index contributed by atoms with van der Waals surface area (Å²) in [5.41, 5.74) is 0. The Balaban J connectivity index is 2.03. The normalized spacial score (nSPS) is 49.5. The summed E-state index contributed by atoms with van der Waals surface area (Å²) in [7, 11) is -2.42. The molecule has 3 aliphatic heterocycles. The van der Waals surface area contributed by atoms with E-state index in [0.29, 0.717) is 6.42 Å². The molecule has 0 aromatic carbocycles. The molecule has 6 nitrogen and oxygen atoms in total. The number of hydrogen-bond acceptors (Lipinski definition) is 6. The fourth-order valence-corrected chi connectivity index (χ4v) is 4.61. The lowest BCUT2D eigenvalue weighted by molar-refractivity contribution is -0.146. The Bertz CT molecular complexity index is 413. The van der Waals surface area contributed by atoms with Crippen molar-refractivity contribution in [3.8, 4) is 0 Å². The van der Waals surface area contributed by atoms with E-state index in [1.165, 1.54) is 7.11 Å². The zero-order valence-electron chi connectivity index (χ0n) is 7.95. The summed E-state index contributed by atoms with van der Waals surface area (Å²) in [4.78, 5) is 11.5. The Labute approximate surface area is 86.6 Å². The van der Waals surface area contributed by atoms with Crippen molar-refractivity contribution in [3.05, 3.63) is 0 Å². The van der Waals surface area contributed by atoms with E-state index in [9.17, 15) is 13.2 Å². The molecule has 0 amide bonds. The summed E-state index contributed by atoms with van der Waals surface area (Å²) in [6.07, 6.45) is -0.787. The quantitative estimate of drug-likeness (QED) is 0.429. The number of rotatable bonds is 1. The van der Waals surface area contributed by atoms with Gasteiger partial charge in [-0.25, -0.2) is 0 Å². The highest BCUT2D eigenvalue weighted by atomic mass is 32.2. The fraction of sp³-hybridized carbons (Fsp3) is 0.875. The first-order valence-electron chi connectivity index (χ1n) is 4.70. The van der Waals surface area contributed by atoms with Gasteiger partial charge in [0.25, 0.3) is 10.1 Å². The maximum atomic E-state index is 11.6. The van der Waals surface area contributed by atoms with Gasteiger partial charge in [0.2, 0.25) is 0 Å². The molecule has 3 rings (SSSR count). The third-order valence-corrected chi connectivity index (χ3v) is 5.05. The maximum absolute atomic E-state index is 11.6. The van der Waals surface area contributed by atoms with E-state index in [2.05, 4.69) is 4.74 Å². The Morgan fingerprint density at radius 1 is 1.40 bits per heavy atom. The van der Waals surface area contributed by atoms with E-state index in [4.69, 9.17) is 8.92 Å². The number of ether oxygens (including phenoxy) is 2. The number of carbonyl (C=O) groups excluding carboxylic acids is 1. The number of fused-ring (bicyclic) bond motifs is 1. The fourth-order valence-electron chi connectivity index (χ4n) is 2.74. The molecule has 0 aromatic heterocycles. The molecule has 0 radical (unpaired) electrons. The predicted octanol–water partition coefficient (Wildman–Crippen LogP) is -0.956. The van der Waals surface area contributed by atoms with E-state index in [0.717, 1.165) is 0 Å². The molecular weight excluding hydrogens is 224 g/mol. The molecule has 0 aromatic rings. The van der Waals surface area contributed by atoms with E-state index in [1.54, 1.807) is 0 Å². The van der Waals surface area contributed by atoms with Gasteiger partial charge in [-0.2, -0.15) is 8.42 Å². The van der Waals surface area contributed by atoms with Gasteiger partial charge >= 0.3 is 5.97 Å². The van der Waals surface area contributed by atoms with Crippen LogP contribution in [-0.2, 0) is 28.6 Å². The SMILES string of the molecule is COC(=O)C1C2CC3OS(=O)(=O)C1C3O2. The van der Waals surface area contributed by atoms with Gasteiger partial charge in [-0.15, -0.1) is 0 Å². The molecule has 3 aliphatic rings. The molecule has 7 heteroatoms. The van der Waals surface area contributed by atoms with Gasteiger partial charge in [0.1, 0.15) is 23.4 Å². The minimum absolute atomic E-state index is 0.366. The van der Waals surface area contributed by atoms with Crippen LogP contribution in [0.3, 0.4) is 0 Å². The van der Waals surface area contributed by atoms with E-state index in [1.807, 2.05) is 0 Å².